The number of hydrogen-bond acceptors (Lipinski definition) is 6. The van der Waals surface area contributed by atoms with E-state index in [0.29, 0.717) is 43.3 Å². The van der Waals surface area contributed by atoms with E-state index in [1.165, 1.54) is 4.90 Å². The zero-order valence-electron chi connectivity index (χ0n) is 21.4. The number of furan rings is 1. The van der Waals surface area contributed by atoms with E-state index < -0.39 is 6.09 Å². The van der Waals surface area contributed by atoms with Crippen LogP contribution in [-0.2, 0) is 9.53 Å². The molecule has 0 bridgehead atoms. The van der Waals surface area contributed by atoms with Gasteiger partial charge in [0.05, 0.1) is 13.2 Å². The molecule has 1 unspecified atom stereocenters. The maximum atomic E-state index is 13.2. The highest BCUT2D eigenvalue weighted by Gasteiger charge is 2.44. The molecule has 9 heteroatoms. The Balaban J connectivity index is 1.07. The third-order valence-corrected chi connectivity index (χ3v) is 8.31. The van der Waals surface area contributed by atoms with Gasteiger partial charge in [-0.05, 0) is 42.4 Å². The zero-order chi connectivity index (χ0) is 26.3. The van der Waals surface area contributed by atoms with E-state index >= 15 is 0 Å². The Bertz CT molecular complexity index is 1360. The Morgan fingerprint density at radius 1 is 1.00 bits per heavy atom. The number of para-hydroxylation sites is 1. The minimum atomic E-state index is -0.448. The standard InChI is InChI=1S/C29H31N3O6/c1-36-23-9-5-8-21-16-24(38-26(21)23)27(34)30-13-10-29(11-14-30)12-15-31(19-29)25(33)17-32-22(18-37-28(32)35)20-6-3-2-4-7-20/h2-9,16,22H,10-15,17-19H2,1H3. The predicted molar refractivity (Wildman–Crippen MR) is 139 cm³/mol. The molecule has 6 rings (SSSR count). The molecular formula is C29H31N3O6. The monoisotopic (exact) mass is 517 g/mol. The van der Waals surface area contributed by atoms with Crippen molar-refractivity contribution >= 4 is 28.9 Å². The van der Waals surface area contributed by atoms with Gasteiger partial charge in [0.1, 0.15) is 13.2 Å². The quantitative estimate of drug-likeness (QED) is 0.506. The first kappa shape index (κ1) is 24.3. The van der Waals surface area contributed by atoms with Crippen molar-refractivity contribution in [2.75, 3.05) is 46.4 Å². The van der Waals surface area contributed by atoms with Gasteiger partial charge in [-0.3, -0.25) is 14.5 Å². The van der Waals surface area contributed by atoms with Crippen molar-refractivity contribution in [1.82, 2.24) is 14.7 Å². The number of likely N-dealkylation sites (tertiary alicyclic amines) is 2. The van der Waals surface area contributed by atoms with Crippen LogP contribution in [-0.4, -0.2) is 79.0 Å². The highest BCUT2D eigenvalue weighted by Crippen LogP contribution is 2.41. The van der Waals surface area contributed by atoms with E-state index in [4.69, 9.17) is 13.9 Å². The zero-order valence-corrected chi connectivity index (χ0v) is 21.4. The first-order valence-electron chi connectivity index (χ1n) is 13.1. The summed E-state index contributed by atoms with van der Waals surface area (Å²) in [7, 11) is 1.58. The fraction of sp³-hybridized carbons (Fsp3) is 0.414. The van der Waals surface area contributed by atoms with Crippen molar-refractivity contribution in [3.05, 3.63) is 65.9 Å². The van der Waals surface area contributed by atoms with Gasteiger partial charge in [-0.25, -0.2) is 4.79 Å². The van der Waals surface area contributed by atoms with Crippen LogP contribution < -0.4 is 4.74 Å². The van der Waals surface area contributed by atoms with E-state index in [0.717, 1.165) is 30.2 Å². The van der Waals surface area contributed by atoms with Gasteiger partial charge in [0, 0.05) is 31.6 Å². The topological polar surface area (TPSA) is 92.5 Å². The Morgan fingerprint density at radius 2 is 1.74 bits per heavy atom. The minimum Gasteiger partial charge on any atom is -0.493 e. The van der Waals surface area contributed by atoms with Crippen molar-refractivity contribution in [3.8, 4) is 5.75 Å². The van der Waals surface area contributed by atoms with Crippen LogP contribution in [0.5, 0.6) is 5.75 Å². The van der Waals surface area contributed by atoms with Crippen LogP contribution in [0.15, 0.2) is 59.0 Å². The van der Waals surface area contributed by atoms with Gasteiger partial charge in [0.25, 0.3) is 5.91 Å². The lowest BCUT2D eigenvalue weighted by molar-refractivity contribution is -0.131. The number of piperidine rings is 1. The summed E-state index contributed by atoms with van der Waals surface area (Å²) in [6.45, 7) is 2.80. The molecule has 2 aromatic carbocycles. The molecule has 4 heterocycles. The molecule has 0 aliphatic carbocycles. The second-order valence-corrected chi connectivity index (χ2v) is 10.5. The number of hydrogen-bond donors (Lipinski definition) is 0. The van der Waals surface area contributed by atoms with Crippen molar-refractivity contribution in [3.63, 3.8) is 0 Å². The number of rotatable bonds is 5. The fourth-order valence-electron chi connectivity index (χ4n) is 6.02. The number of fused-ring (bicyclic) bond motifs is 1. The average molecular weight is 518 g/mol. The first-order valence-corrected chi connectivity index (χ1v) is 13.1. The van der Waals surface area contributed by atoms with Gasteiger partial charge in [0.15, 0.2) is 17.1 Å². The molecule has 3 amide bonds. The second kappa shape index (κ2) is 9.70. The first-order chi connectivity index (χ1) is 18.5. The van der Waals surface area contributed by atoms with Gasteiger partial charge in [-0.15, -0.1) is 0 Å². The number of carbonyl (C=O) groups excluding carboxylic acids is 3. The molecule has 198 valence electrons. The molecule has 3 aliphatic rings. The predicted octanol–water partition coefficient (Wildman–Crippen LogP) is 4.09. The Morgan fingerprint density at radius 3 is 2.47 bits per heavy atom. The summed E-state index contributed by atoms with van der Waals surface area (Å²) in [6, 6.07) is 16.8. The third-order valence-electron chi connectivity index (χ3n) is 8.31. The maximum Gasteiger partial charge on any atom is 0.410 e. The number of methoxy groups -OCH3 is 1. The summed E-state index contributed by atoms with van der Waals surface area (Å²) in [5.41, 5.74) is 1.53. The number of amides is 3. The van der Waals surface area contributed by atoms with Gasteiger partial charge in [-0.2, -0.15) is 0 Å². The summed E-state index contributed by atoms with van der Waals surface area (Å²) in [5.74, 6) is 0.737. The van der Waals surface area contributed by atoms with E-state index in [9.17, 15) is 14.4 Å². The number of cyclic esters (lactones) is 1. The van der Waals surface area contributed by atoms with Crippen LogP contribution in [0, 0.1) is 5.41 Å². The molecule has 0 radical (unpaired) electrons. The average Bonchev–Trinajstić information content (AvgIpc) is 3.67. The normalized spacial score (nSPS) is 20.8. The highest BCUT2D eigenvalue weighted by atomic mass is 16.6. The molecule has 1 spiro atoms. The lowest BCUT2D eigenvalue weighted by Crippen LogP contribution is -2.45. The summed E-state index contributed by atoms with van der Waals surface area (Å²) < 4.78 is 16.5. The number of carbonyl (C=O) groups is 3. The number of nitrogens with zero attached hydrogens (tertiary/aromatic N) is 3. The maximum absolute atomic E-state index is 13.2. The summed E-state index contributed by atoms with van der Waals surface area (Å²) in [6.07, 6.45) is 2.10. The van der Waals surface area contributed by atoms with Gasteiger partial charge in [0.2, 0.25) is 5.91 Å². The van der Waals surface area contributed by atoms with Crippen LogP contribution in [0.1, 0.15) is 41.4 Å². The largest absolute Gasteiger partial charge is 0.493 e. The minimum absolute atomic E-state index is 0.00606. The molecule has 38 heavy (non-hydrogen) atoms. The highest BCUT2D eigenvalue weighted by molar-refractivity contribution is 5.97. The fourth-order valence-corrected chi connectivity index (χ4v) is 6.02. The van der Waals surface area contributed by atoms with E-state index in [2.05, 4.69) is 0 Å². The van der Waals surface area contributed by atoms with Crippen LogP contribution in [0.3, 0.4) is 0 Å². The van der Waals surface area contributed by atoms with Crippen molar-refractivity contribution < 1.29 is 28.3 Å². The summed E-state index contributed by atoms with van der Waals surface area (Å²) in [4.78, 5) is 44.1. The molecule has 0 saturated carbocycles. The van der Waals surface area contributed by atoms with Crippen LogP contribution in [0.4, 0.5) is 4.79 Å². The SMILES string of the molecule is COc1cccc2cc(C(=O)N3CCC4(CCN(C(=O)CN5C(=O)OCC5c5ccccc5)C4)CC3)oc12. The number of benzene rings is 2. The van der Waals surface area contributed by atoms with Crippen LogP contribution in [0.25, 0.3) is 11.0 Å². The van der Waals surface area contributed by atoms with Gasteiger partial charge < -0.3 is 23.7 Å². The van der Waals surface area contributed by atoms with Crippen molar-refractivity contribution in [2.24, 2.45) is 5.41 Å². The van der Waals surface area contributed by atoms with Crippen LogP contribution in [0.2, 0.25) is 0 Å². The Labute approximate surface area is 220 Å². The summed E-state index contributed by atoms with van der Waals surface area (Å²) >= 11 is 0. The second-order valence-electron chi connectivity index (χ2n) is 10.5. The van der Waals surface area contributed by atoms with E-state index in [1.807, 2.05) is 58.3 Å². The lowest BCUT2D eigenvalue weighted by Gasteiger charge is -2.39. The van der Waals surface area contributed by atoms with E-state index in [-0.39, 0.29) is 36.4 Å². The molecule has 9 nitrogen and oxygen atoms in total. The third kappa shape index (κ3) is 4.36. The van der Waals surface area contributed by atoms with E-state index in [1.54, 1.807) is 13.2 Å². The molecule has 3 saturated heterocycles. The van der Waals surface area contributed by atoms with Crippen LogP contribution >= 0.6 is 0 Å². The smallest absolute Gasteiger partial charge is 0.410 e. The van der Waals surface area contributed by atoms with Gasteiger partial charge in [-0.1, -0.05) is 42.5 Å². The molecule has 1 atom stereocenters. The van der Waals surface area contributed by atoms with Gasteiger partial charge >= 0.3 is 6.09 Å². The number of ether oxygens (including phenoxy) is 2. The molecular weight excluding hydrogens is 486 g/mol. The van der Waals surface area contributed by atoms with Crippen molar-refractivity contribution in [1.29, 1.82) is 0 Å². The van der Waals surface area contributed by atoms with Crippen molar-refractivity contribution in [2.45, 2.75) is 25.3 Å². The Kier molecular flexibility index (Phi) is 6.21. The molecule has 1 aromatic heterocycles. The molecule has 3 aliphatic heterocycles. The molecule has 3 aromatic rings. The Hall–Kier alpha value is -4.01. The summed E-state index contributed by atoms with van der Waals surface area (Å²) in [5, 5.41) is 0.836. The molecule has 3 fully saturated rings. The lowest BCUT2D eigenvalue weighted by atomic mass is 9.77. The molecule has 0 N–H and O–H groups in total.